The number of imidazole rings is 1. The molecular weight excluding hydrogens is 506 g/mol. The highest BCUT2D eigenvalue weighted by molar-refractivity contribution is 9.10. The fourth-order valence-electron chi connectivity index (χ4n) is 5.08. The molecule has 2 aromatic heterocycles. The molecule has 8 heteroatoms. The van der Waals surface area contributed by atoms with Crippen molar-refractivity contribution in [3.8, 4) is 0 Å². The second-order valence-electron chi connectivity index (χ2n) is 9.26. The summed E-state index contributed by atoms with van der Waals surface area (Å²) in [6, 6.07) is 22.0. The molecule has 0 amide bonds. The molecule has 0 spiro atoms. The van der Waals surface area contributed by atoms with E-state index in [9.17, 15) is 9.59 Å². The van der Waals surface area contributed by atoms with Crippen LogP contribution >= 0.6 is 15.9 Å². The highest BCUT2D eigenvalue weighted by atomic mass is 79.9. The SMILES string of the molecule is C[C@H]1CN(c2ccc(Br)cc2)c2nc3c(c(=O)n(Cc4cccc5ccccc45)c(=O)n3C)n2C1. The molecule has 1 aliphatic heterocycles. The van der Waals surface area contributed by atoms with Gasteiger partial charge >= 0.3 is 5.69 Å². The van der Waals surface area contributed by atoms with Gasteiger partial charge in [-0.25, -0.2) is 4.79 Å². The second-order valence-corrected chi connectivity index (χ2v) is 10.2. The lowest BCUT2D eigenvalue weighted by atomic mass is 10.0. The summed E-state index contributed by atoms with van der Waals surface area (Å²) in [6.07, 6.45) is 0. The van der Waals surface area contributed by atoms with Gasteiger partial charge in [-0.05, 0) is 46.5 Å². The second kappa shape index (κ2) is 8.23. The minimum atomic E-state index is -0.367. The van der Waals surface area contributed by atoms with Crippen molar-refractivity contribution < 1.29 is 0 Å². The number of benzene rings is 3. The average Bonchev–Trinajstić information content (AvgIpc) is 3.25. The summed E-state index contributed by atoms with van der Waals surface area (Å²) in [4.78, 5) is 34.1. The number of aryl methyl sites for hydroxylation is 1. The maximum absolute atomic E-state index is 13.8. The third-order valence-corrected chi connectivity index (χ3v) is 7.32. The third-order valence-electron chi connectivity index (χ3n) is 6.79. The van der Waals surface area contributed by atoms with Gasteiger partial charge in [-0.1, -0.05) is 65.3 Å². The Bertz CT molecular complexity index is 1710. The topological polar surface area (TPSA) is 65.1 Å². The van der Waals surface area contributed by atoms with Crippen LogP contribution in [0.1, 0.15) is 12.5 Å². The van der Waals surface area contributed by atoms with Crippen molar-refractivity contribution in [2.24, 2.45) is 13.0 Å². The minimum Gasteiger partial charge on any atom is -0.312 e. The molecule has 176 valence electrons. The Morgan fingerprint density at radius 3 is 2.51 bits per heavy atom. The number of hydrogen-bond acceptors (Lipinski definition) is 4. The highest BCUT2D eigenvalue weighted by Gasteiger charge is 2.30. The molecule has 1 aliphatic rings. The maximum Gasteiger partial charge on any atom is 0.332 e. The van der Waals surface area contributed by atoms with E-state index in [-0.39, 0.29) is 17.8 Å². The number of aromatic nitrogens is 4. The lowest BCUT2D eigenvalue weighted by Gasteiger charge is -2.33. The molecule has 0 unspecified atom stereocenters. The van der Waals surface area contributed by atoms with Crippen LogP contribution in [0.3, 0.4) is 0 Å². The van der Waals surface area contributed by atoms with Crippen molar-refractivity contribution in [1.82, 2.24) is 18.7 Å². The number of anilines is 2. The first-order chi connectivity index (χ1) is 16.9. The summed E-state index contributed by atoms with van der Waals surface area (Å²) in [5.41, 5.74) is 2.15. The van der Waals surface area contributed by atoms with Gasteiger partial charge in [0.05, 0.1) is 6.54 Å². The summed E-state index contributed by atoms with van der Waals surface area (Å²) >= 11 is 3.50. The largest absolute Gasteiger partial charge is 0.332 e. The standard InChI is InChI=1S/C27H24BrN5O2/c1-17-14-31(21-12-10-20(28)11-13-21)26-29-24-23(32(26)15-17)25(34)33(27(35)30(24)2)16-19-8-5-7-18-6-3-4-9-22(18)19/h3-13,17H,14-16H2,1-2H3/t17-/m0/s1. The van der Waals surface area contributed by atoms with Crippen molar-refractivity contribution >= 4 is 49.5 Å². The van der Waals surface area contributed by atoms with Gasteiger partial charge in [-0.15, -0.1) is 0 Å². The first kappa shape index (κ1) is 21.9. The van der Waals surface area contributed by atoms with Gasteiger partial charge in [-0.3, -0.25) is 13.9 Å². The zero-order chi connectivity index (χ0) is 24.3. The van der Waals surface area contributed by atoms with E-state index >= 15 is 0 Å². The smallest absolute Gasteiger partial charge is 0.312 e. The first-order valence-electron chi connectivity index (χ1n) is 11.6. The zero-order valence-electron chi connectivity index (χ0n) is 19.5. The fourth-order valence-corrected chi connectivity index (χ4v) is 5.35. The van der Waals surface area contributed by atoms with Crippen LogP contribution < -0.4 is 16.1 Å². The average molecular weight is 530 g/mol. The Kier molecular flexibility index (Phi) is 5.14. The quantitative estimate of drug-likeness (QED) is 0.341. The summed E-state index contributed by atoms with van der Waals surface area (Å²) in [5, 5.41) is 2.12. The van der Waals surface area contributed by atoms with Crippen LogP contribution in [0, 0.1) is 5.92 Å². The Balaban J connectivity index is 1.55. The molecule has 0 bridgehead atoms. The molecular formula is C27H24BrN5O2. The van der Waals surface area contributed by atoms with Crippen molar-refractivity contribution in [3.05, 3.63) is 97.6 Å². The normalized spacial score (nSPS) is 15.6. The maximum atomic E-state index is 13.8. The van der Waals surface area contributed by atoms with Crippen molar-refractivity contribution in [2.45, 2.75) is 20.0 Å². The van der Waals surface area contributed by atoms with E-state index in [1.54, 1.807) is 7.05 Å². The van der Waals surface area contributed by atoms with Crippen LogP contribution in [0.2, 0.25) is 0 Å². The van der Waals surface area contributed by atoms with E-state index < -0.39 is 0 Å². The van der Waals surface area contributed by atoms with Crippen molar-refractivity contribution in [3.63, 3.8) is 0 Å². The molecule has 0 saturated heterocycles. The van der Waals surface area contributed by atoms with Gasteiger partial charge in [0.15, 0.2) is 11.2 Å². The van der Waals surface area contributed by atoms with Crippen molar-refractivity contribution in [2.75, 3.05) is 11.4 Å². The Hall–Kier alpha value is -3.65. The Morgan fingerprint density at radius 1 is 0.971 bits per heavy atom. The molecule has 35 heavy (non-hydrogen) atoms. The number of halogens is 1. The van der Waals surface area contributed by atoms with Crippen LogP contribution in [0.4, 0.5) is 11.6 Å². The molecule has 6 rings (SSSR count). The number of nitrogens with zero attached hydrogens (tertiary/aromatic N) is 5. The fraction of sp³-hybridized carbons (Fsp3) is 0.222. The van der Waals surface area contributed by atoms with E-state index in [2.05, 4.69) is 27.8 Å². The molecule has 1 atom stereocenters. The van der Waals surface area contributed by atoms with Gasteiger partial charge in [-0.2, -0.15) is 4.98 Å². The lowest BCUT2D eigenvalue weighted by molar-refractivity contribution is 0.458. The molecule has 0 fully saturated rings. The molecule has 5 aromatic rings. The van der Waals surface area contributed by atoms with Crippen molar-refractivity contribution in [1.29, 1.82) is 0 Å². The predicted octanol–water partition coefficient (Wildman–Crippen LogP) is 4.65. The monoisotopic (exact) mass is 529 g/mol. The molecule has 3 aromatic carbocycles. The van der Waals surface area contributed by atoms with E-state index in [4.69, 9.17) is 4.98 Å². The first-order valence-corrected chi connectivity index (χ1v) is 12.4. The van der Waals surface area contributed by atoms with E-state index in [0.29, 0.717) is 29.6 Å². The zero-order valence-corrected chi connectivity index (χ0v) is 21.1. The van der Waals surface area contributed by atoms with Gasteiger partial charge < -0.3 is 9.47 Å². The lowest BCUT2D eigenvalue weighted by Crippen LogP contribution is -2.40. The van der Waals surface area contributed by atoms with Crippen LogP contribution in [0.15, 0.2) is 80.8 Å². The van der Waals surface area contributed by atoms with Gasteiger partial charge in [0.25, 0.3) is 5.56 Å². The molecule has 0 aliphatic carbocycles. The molecule has 0 saturated carbocycles. The Morgan fingerprint density at radius 2 is 1.71 bits per heavy atom. The summed E-state index contributed by atoms with van der Waals surface area (Å²) < 4.78 is 5.81. The van der Waals surface area contributed by atoms with Crippen LogP contribution in [-0.2, 0) is 20.1 Å². The molecule has 7 nitrogen and oxygen atoms in total. The van der Waals surface area contributed by atoms with Gasteiger partial charge in [0.1, 0.15) is 0 Å². The molecule has 0 radical (unpaired) electrons. The number of fused-ring (bicyclic) bond motifs is 4. The molecule has 0 N–H and O–H groups in total. The van der Waals surface area contributed by atoms with E-state index in [1.807, 2.05) is 71.3 Å². The molecule has 3 heterocycles. The van der Waals surface area contributed by atoms with Crippen LogP contribution in [0.5, 0.6) is 0 Å². The summed E-state index contributed by atoms with van der Waals surface area (Å²) in [5.74, 6) is 0.988. The van der Waals surface area contributed by atoms with E-state index in [0.717, 1.165) is 33.0 Å². The van der Waals surface area contributed by atoms with E-state index in [1.165, 1.54) is 9.13 Å². The number of rotatable bonds is 3. The van der Waals surface area contributed by atoms with Gasteiger partial charge in [0, 0.05) is 30.3 Å². The van der Waals surface area contributed by atoms with Crippen LogP contribution in [0.25, 0.3) is 21.9 Å². The number of hydrogen-bond donors (Lipinski definition) is 0. The summed E-state index contributed by atoms with van der Waals surface area (Å²) in [7, 11) is 1.69. The predicted molar refractivity (Wildman–Crippen MR) is 143 cm³/mol. The Labute approximate surface area is 210 Å². The summed E-state index contributed by atoms with van der Waals surface area (Å²) in [6.45, 7) is 3.82. The van der Waals surface area contributed by atoms with Crippen LogP contribution in [-0.4, -0.2) is 25.2 Å². The van der Waals surface area contributed by atoms with Gasteiger partial charge in [0.2, 0.25) is 5.95 Å². The highest BCUT2D eigenvalue weighted by Crippen LogP contribution is 2.33. The third kappa shape index (κ3) is 3.51. The minimum absolute atomic E-state index is 0.204.